The number of carbonyl (C=O) groups excluding carboxylic acids is 2. The van der Waals surface area contributed by atoms with Gasteiger partial charge in [-0.3, -0.25) is 14.5 Å². The maximum absolute atomic E-state index is 13.2. The molecule has 0 spiro atoms. The Morgan fingerprint density at radius 3 is 2.56 bits per heavy atom. The third-order valence-corrected chi connectivity index (χ3v) is 3.80. The molecule has 0 unspecified atom stereocenters. The van der Waals surface area contributed by atoms with Crippen LogP contribution in [0.25, 0.3) is 0 Å². The number of amides is 2. The number of methoxy groups -OCH3 is 1. The number of benzene rings is 2. The van der Waals surface area contributed by atoms with E-state index in [0.29, 0.717) is 17.1 Å². The second kappa shape index (κ2) is 7.98. The molecule has 132 valence electrons. The summed E-state index contributed by atoms with van der Waals surface area (Å²) in [5.41, 5.74) is 1.77. The van der Waals surface area contributed by atoms with E-state index in [1.807, 2.05) is 13.0 Å². The summed E-state index contributed by atoms with van der Waals surface area (Å²) in [6.45, 7) is 3.02. The van der Waals surface area contributed by atoms with Gasteiger partial charge in [0.1, 0.15) is 18.1 Å². The maximum atomic E-state index is 13.2. The van der Waals surface area contributed by atoms with Crippen molar-refractivity contribution in [2.24, 2.45) is 0 Å². The zero-order valence-electron chi connectivity index (χ0n) is 14.1. The van der Waals surface area contributed by atoms with Crippen molar-refractivity contribution in [2.45, 2.75) is 13.8 Å². The Bertz CT molecular complexity index is 811. The van der Waals surface area contributed by atoms with Gasteiger partial charge >= 0.3 is 0 Å². The average Bonchev–Trinajstić information content (AvgIpc) is 2.55. The fourth-order valence-electron chi connectivity index (χ4n) is 2.30. The number of rotatable bonds is 5. The summed E-state index contributed by atoms with van der Waals surface area (Å²) < 4.78 is 18.5. The van der Waals surface area contributed by atoms with Gasteiger partial charge in [0, 0.05) is 12.6 Å². The minimum absolute atomic E-state index is 0.0958. The lowest BCUT2D eigenvalue weighted by atomic mass is 10.2. The Hall–Kier alpha value is -2.60. The van der Waals surface area contributed by atoms with E-state index in [1.165, 1.54) is 31.1 Å². The van der Waals surface area contributed by atoms with Crippen molar-refractivity contribution in [1.29, 1.82) is 0 Å². The molecule has 0 aliphatic heterocycles. The lowest BCUT2D eigenvalue weighted by Crippen LogP contribution is -2.37. The van der Waals surface area contributed by atoms with Gasteiger partial charge in [0.05, 0.1) is 17.8 Å². The SMILES string of the molecule is COc1ccc(C)cc1N(CC(=O)Nc1ccc(F)c(Cl)c1)C(C)=O. The number of hydrogen-bond donors (Lipinski definition) is 1. The van der Waals surface area contributed by atoms with Crippen LogP contribution in [0.5, 0.6) is 5.75 Å². The van der Waals surface area contributed by atoms with E-state index in [2.05, 4.69) is 5.32 Å². The van der Waals surface area contributed by atoms with E-state index < -0.39 is 11.7 Å². The summed E-state index contributed by atoms with van der Waals surface area (Å²) in [7, 11) is 1.49. The van der Waals surface area contributed by atoms with Crippen LogP contribution in [0.2, 0.25) is 5.02 Å². The summed E-state index contributed by atoms with van der Waals surface area (Å²) in [5, 5.41) is 2.50. The first-order valence-electron chi connectivity index (χ1n) is 7.49. The highest BCUT2D eigenvalue weighted by molar-refractivity contribution is 6.31. The van der Waals surface area contributed by atoms with Crippen LogP contribution in [0.15, 0.2) is 36.4 Å². The van der Waals surface area contributed by atoms with Crippen molar-refractivity contribution >= 4 is 34.8 Å². The Labute approximate surface area is 150 Å². The van der Waals surface area contributed by atoms with Crippen molar-refractivity contribution in [3.8, 4) is 5.75 Å². The molecule has 2 rings (SSSR count). The fourth-order valence-corrected chi connectivity index (χ4v) is 2.48. The number of carbonyl (C=O) groups is 2. The van der Waals surface area contributed by atoms with Gasteiger partial charge in [-0.2, -0.15) is 0 Å². The lowest BCUT2D eigenvalue weighted by Gasteiger charge is -2.23. The molecule has 7 heteroatoms. The molecule has 0 aliphatic rings. The number of anilines is 2. The Morgan fingerprint density at radius 1 is 1.24 bits per heavy atom. The van der Waals surface area contributed by atoms with E-state index in [9.17, 15) is 14.0 Å². The maximum Gasteiger partial charge on any atom is 0.244 e. The first-order valence-corrected chi connectivity index (χ1v) is 7.87. The molecular weight excluding hydrogens is 347 g/mol. The van der Waals surface area contributed by atoms with Gasteiger partial charge in [0.2, 0.25) is 11.8 Å². The predicted octanol–water partition coefficient (Wildman–Crippen LogP) is 3.79. The van der Waals surface area contributed by atoms with E-state index in [0.717, 1.165) is 11.6 Å². The van der Waals surface area contributed by atoms with Crippen molar-refractivity contribution in [3.63, 3.8) is 0 Å². The van der Waals surface area contributed by atoms with Gasteiger partial charge in [0.25, 0.3) is 0 Å². The minimum atomic E-state index is -0.575. The molecule has 0 heterocycles. The monoisotopic (exact) mass is 364 g/mol. The molecule has 0 bridgehead atoms. The quantitative estimate of drug-likeness (QED) is 0.878. The summed E-state index contributed by atoms with van der Waals surface area (Å²) in [6.07, 6.45) is 0. The second-order valence-corrected chi connectivity index (χ2v) is 5.86. The molecule has 2 amide bonds. The molecule has 0 fully saturated rings. The fraction of sp³-hybridized carbons (Fsp3) is 0.222. The smallest absolute Gasteiger partial charge is 0.244 e. The van der Waals surface area contributed by atoms with E-state index in [-0.39, 0.29) is 17.5 Å². The minimum Gasteiger partial charge on any atom is -0.495 e. The number of halogens is 2. The average molecular weight is 365 g/mol. The lowest BCUT2D eigenvalue weighted by molar-refractivity contribution is -0.120. The molecular formula is C18H18ClFN2O3. The van der Waals surface area contributed by atoms with Crippen molar-refractivity contribution in [1.82, 2.24) is 0 Å². The third kappa shape index (κ3) is 4.70. The van der Waals surface area contributed by atoms with Gasteiger partial charge in [-0.1, -0.05) is 17.7 Å². The predicted molar refractivity (Wildman–Crippen MR) is 95.8 cm³/mol. The van der Waals surface area contributed by atoms with Crippen LogP contribution >= 0.6 is 11.6 Å². The molecule has 0 atom stereocenters. The number of hydrogen-bond acceptors (Lipinski definition) is 3. The van der Waals surface area contributed by atoms with E-state index in [4.69, 9.17) is 16.3 Å². The molecule has 0 aromatic heterocycles. The van der Waals surface area contributed by atoms with Gasteiger partial charge in [0.15, 0.2) is 0 Å². The van der Waals surface area contributed by atoms with Crippen LogP contribution in [0, 0.1) is 12.7 Å². The topological polar surface area (TPSA) is 58.6 Å². The molecule has 1 N–H and O–H groups in total. The first-order chi connectivity index (χ1) is 11.8. The Kier molecular flexibility index (Phi) is 5.98. The first kappa shape index (κ1) is 18.7. The standard InChI is InChI=1S/C18H18ClFN2O3/c1-11-4-7-17(25-3)16(8-11)22(12(2)23)10-18(24)21-13-5-6-15(20)14(19)9-13/h4-9H,10H2,1-3H3,(H,21,24). The largest absolute Gasteiger partial charge is 0.495 e. The number of nitrogens with one attached hydrogen (secondary N) is 1. The second-order valence-electron chi connectivity index (χ2n) is 5.46. The van der Waals surface area contributed by atoms with Gasteiger partial charge in [-0.25, -0.2) is 4.39 Å². The molecule has 0 radical (unpaired) electrons. The highest BCUT2D eigenvalue weighted by Crippen LogP contribution is 2.29. The highest BCUT2D eigenvalue weighted by Gasteiger charge is 2.20. The zero-order chi connectivity index (χ0) is 18.6. The van der Waals surface area contributed by atoms with Crippen molar-refractivity contribution < 1.29 is 18.7 Å². The van der Waals surface area contributed by atoms with Crippen LogP contribution in [-0.2, 0) is 9.59 Å². The van der Waals surface area contributed by atoms with E-state index in [1.54, 1.807) is 12.1 Å². The normalized spacial score (nSPS) is 10.3. The number of ether oxygens (including phenoxy) is 1. The molecule has 0 saturated carbocycles. The van der Waals surface area contributed by atoms with Crippen LogP contribution in [0.4, 0.5) is 15.8 Å². The van der Waals surface area contributed by atoms with Gasteiger partial charge in [-0.15, -0.1) is 0 Å². The highest BCUT2D eigenvalue weighted by atomic mass is 35.5. The number of nitrogens with zero attached hydrogens (tertiary/aromatic N) is 1. The molecule has 5 nitrogen and oxygen atoms in total. The van der Waals surface area contributed by atoms with E-state index >= 15 is 0 Å². The van der Waals surface area contributed by atoms with Crippen LogP contribution in [0.3, 0.4) is 0 Å². The molecule has 25 heavy (non-hydrogen) atoms. The van der Waals surface area contributed by atoms with Crippen LogP contribution < -0.4 is 15.0 Å². The summed E-state index contributed by atoms with van der Waals surface area (Å²) >= 11 is 5.70. The number of aryl methyl sites for hydroxylation is 1. The van der Waals surface area contributed by atoms with Gasteiger partial charge < -0.3 is 10.1 Å². The Morgan fingerprint density at radius 2 is 1.96 bits per heavy atom. The molecule has 2 aromatic rings. The third-order valence-electron chi connectivity index (χ3n) is 3.51. The summed E-state index contributed by atoms with van der Waals surface area (Å²) in [5.74, 6) is -0.842. The van der Waals surface area contributed by atoms with Crippen molar-refractivity contribution in [2.75, 3.05) is 23.9 Å². The molecule has 2 aromatic carbocycles. The summed E-state index contributed by atoms with van der Waals surface area (Å²) in [6, 6.07) is 9.21. The molecule has 0 saturated heterocycles. The molecule has 0 aliphatic carbocycles. The summed E-state index contributed by atoms with van der Waals surface area (Å²) in [4.78, 5) is 25.6. The Balaban J connectivity index is 2.21. The van der Waals surface area contributed by atoms with Crippen LogP contribution in [0.1, 0.15) is 12.5 Å². The zero-order valence-corrected chi connectivity index (χ0v) is 14.9. The van der Waals surface area contributed by atoms with Crippen LogP contribution in [-0.4, -0.2) is 25.5 Å². The van der Waals surface area contributed by atoms with Gasteiger partial charge in [-0.05, 0) is 42.8 Å². The van der Waals surface area contributed by atoms with Crippen molar-refractivity contribution in [3.05, 3.63) is 52.8 Å².